The van der Waals surface area contributed by atoms with Gasteiger partial charge in [-0.15, -0.1) is 0 Å². The number of hydrogen-bond donors (Lipinski definition) is 0. The molecule has 14 aromatic rings. The standard InChI is InChI=1S/C64H39NSe/c1-3-17-40(18-4-1)61-48-22-7-9-24-50(48)64(51-25-10-8-23-49(51)61)43-32-35-47-56-37-41(33-36-59(56)66-60(47)39-43)62-52-26-11-13-28-54(52)63(55-29-14-12-27-53(55)62)42-31-34-46-45-21-15-16-30-57(45)65(58(46)38-42)44-19-5-2-6-20-44/h1-39H. The number of aromatic nitrogens is 1. The van der Waals surface area contributed by atoms with Gasteiger partial charge in [-0.2, -0.15) is 0 Å². The average molecular weight is 901 g/mol. The van der Waals surface area contributed by atoms with Crippen LogP contribution < -0.4 is 0 Å². The molecule has 1 nitrogen and oxygen atoms in total. The molecule has 2 heterocycles. The number of rotatable bonds is 5. The zero-order valence-electron chi connectivity index (χ0n) is 35.9. The molecule has 0 N–H and O–H groups in total. The van der Waals surface area contributed by atoms with Crippen molar-refractivity contribution in [3.8, 4) is 50.2 Å². The van der Waals surface area contributed by atoms with Gasteiger partial charge in [0.2, 0.25) is 0 Å². The van der Waals surface area contributed by atoms with Crippen LogP contribution in [0.5, 0.6) is 0 Å². The molecule has 0 saturated heterocycles. The van der Waals surface area contributed by atoms with E-state index in [1.807, 2.05) is 0 Å². The first-order chi connectivity index (χ1) is 32.8. The van der Waals surface area contributed by atoms with Crippen molar-refractivity contribution in [2.45, 2.75) is 0 Å². The molecule has 66 heavy (non-hydrogen) atoms. The molecule has 0 saturated carbocycles. The van der Waals surface area contributed by atoms with Gasteiger partial charge in [0.1, 0.15) is 0 Å². The van der Waals surface area contributed by atoms with Crippen molar-refractivity contribution in [1.82, 2.24) is 4.57 Å². The van der Waals surface area contributed by atoms with Crippen LogP contribution >= 0.6 is 0 Å². The summed E-state index contributed by atoms with van der Waals surface area (Å²) < 4.78 is 5.31. The molecular weight excluding hydrogens is 862 g/mol. The van der Waals surface area contributed by atoms with Crippen molar-refractivity contribution in [2.75, 3.05) is 0 Å². The average Bonchev–Trinajstić information content (AvgIpc) is 3.92. The summed E-state index contributed by atoms with van der Waals surface area (Å²) >= 11 is 0.184. The van der Waals surface area contributed by atoms with Crippen molar-refractivity contribution in [1.29, 1.82) is 0 Å². The second kappa shape index (κ2) is 14.8. The van der Waals surface area contributed by atoms with Gasteiger partial charge >= 0.3 is 319 Å². The summed E-state index contributed by atoms with van der Waals surface area (Å²) in [6.07, 6.45) is 0. The molecule has 0 aliphatic rings. The third-order valence-corrected chi connectivity index (χ3v) is 16.3. The predicted molar refractivity (Wildman–Crippen MR) is 285 cm³/mol. The van der Waals surface area contributed by atoms with Gasteiger partial charge in [-0.25, -0.2) is 0 Å². The number of hydrogen-bond acceptors (Lipinski definition) is 0. The van der Waals surface area contributed by atoms with E-state index in [0.717, 1.165) is 0 Å². The minimum absolute atomic E-state index is 0.184. The Morgan fingerprint density at radius 3 is 1.17 bits per heavy atom. The molecule has 0 bridgehead atoms. The van der Waals surface area contributed by atoms with Crippen LogP contribution in [0.2, 0.25) is 0 Å². The fourth-order valence-electron chi connectivity index (χ4n) is 11.2. The van der Waals surface area contributed by atoms with Gasteiger partial charge in [0.25, 0.3) is 0 Å². The Labute approximate surface area is 387 Å². The van der Waals surface area contributed by atoms with E-state index in [-0.39, 0.29) is 14.5 Å². The van der Waals surface area contributed by atoms with E-state index in [1.165, 1.54) is 134 Å². The first-order valence-electron chi connectivity index (χ1n) is 22.8. The summed E-state index contributed by atoms with van der Waals surface area (Å²) in [6, 6.07) is 88.1. The van der Waals surface area contributed by atoms with Crippen LogP contribution in [-0.4, -0.2) is 19.1 Å². The minimum atomic E-state index is 0.184. The van der Waals surface area contributed by atoms with E-state index in [0.29, 0.717) is 0 Å². The Balaban J connectivity index is 0.951. The molecule has 0 amide bonds. The normalized spacial score (nSPS) is 11.9. The van der Waals surface area contributed by atoms with E-state index in [1.54, 1.807) is 0 Å². The summed E-state index contributed by atoms with van der Waals surface area (Å²) in [7, 11) is 0. The predicted octanol–water partition coefficient (Wildman–Crippen LogP) is 17.4. The Bertz CT molecular complexity index is 4160. The van der Waals surface area contributed by atoms with Crippen LogP contribution in [0.3, 0.4) is 0 Å². The fraction of sp³-hybridized carbons (Fsp3) is 0. The Kier molecular flexibility index (Phi) is 8.37. The van der Waals surface area contributed by atoms with Crippen molar-refractivity contribution < 1.29 is 0 Å². The van der Waals surface area contributed by atoms with Gasteiger partial charge in [-0.05, 0) is 18.2 Å². The van der Waals surface area contributed by atoms with Crippen LogP contribution in [0, 0.1) is 0 Å². The van der Waals surface area contributed by atoms with Gasteiger partial charge in [0.05, 0.1) is 5.52 Å². The molecule has 0 atom stereocenters. The number of benzene rings is 12. The molecule has 0 unspecified atom stereocenters. The Morgan fingerprint density at radius 2 is 0.621 bits per heavy atom. The Hall–Kier alpha value is -8.00. The molecule has 2 heteroatoms. The third-order valence-electron chi connectivity index (χ3n) is 14.0. The summed E-state index contributed by atoms with van der Waals surface area (Å²) in [5.41, 5.74) is 13.8. The van der Waals surface area contributed by atoms with Crippen LogP contribution in [0.15, 0.2) is 237 Å². The van der Waals surface area contributed by atoms with Gasteiger partial charge in [0.15, 0.2) is 0 Å². The SMILES string of the molecule is c1ccc(-c2c3ccccc3c(-c3ccc4c(c3)[se]c3ccc(-c5c6ccccc6c(-c6ccc7c8ccccc8n(-c8ccccc8)c7c6)c6ccccc56)cc34)c3ccccc23)cc1. The Morgan fingerprint density at radius 1 is 0.227 bits per heavy atom. The van der Waals surface area contributed by atoms with Crippen LogP contribution in [0.4, 0.5) is 0 Å². The fourth-order valence-corrected chi connectivity index (χ4v) is 13.5. The van der Waals surface area contributed by atoms with E-state index >= 15 is 0 Å². The van der Waals surface area contributed by atoms with E-state index in [2.05, 4.69) is 241 Å². The molecule has 306 valence electrons. The summed E-state index contributed by atoms with van der Waals surface area (Å²) in [5.74, 6) is 0. The van der Waals surface area contributed by atoms with E-state index < -0.39 is 0 Å². The van der Waals surface area contributed by atoms with Crippen LogP contribution in [0.25, 0.3) is 134 Å². The molecule has 2 aromatic heterocycles. The molecule has 0 spiro atoms. The topological polar surface area (TPSA) is 4.93 Å². The second-order valence-corrected chi connectivity index (χ2v) is 19.8. The molecule has 14 rings (SSSR count). The van der Waals surface area contributed by atoms with Crippen molar-refractivity contribution >= 4 is 98.7 Å². The molecule has 0 radical (unpaired) electrons. The molecule has 12 aromatic carbocycles. The molecule has 0 fully saturated rings. The van der Waals surface area contributed by atoms with E-state index in [4.69, 9.17) is 0 Å². The monoisotopic (exact) mass is 901 g/mol. The summed E-state index contributed by atoms with van der Waals surface area (Å²) in [6.45, 7) is 0. The van der Waals surface area contributed by atoms with Crippen molar-refractivity contribution in [2.24, 2.45) is 0 Å². The van der Waals surface area contributed by atoms with Gasteiger partial charge in [-0.3, -0.25) is 0 Å². The molecule has 0 aliphatic heterocycles. The second-order valence-electron chi connectivity index (χ2n) is 17.5. The number of nitrogens with zero attached hydrogens (tertiary/aromatic N) is 1. The van der Waals surface area contributed by atoms with Gasteiger partial charge < -0.3 is 0 Å². The van der Waals surface area contributed by atoms with Crippen LogP contribution in [0.1, 0.15) is 0 Å². The van der Waals surface area contributed by atoms with Gasteiger partial charge in [-0.1, -0.05) is 36.4 Å². The molecule has 0 aliphatic carbocycles. The quantitative estimate of drug-likeness (QED) is 0.120. The van der Waals surface area contributed by atoms with Crippen molar-refractivity contribution in [3.63, 3.8) is 0 Å². The summed E-state index contributed by atoms with van der Waals surface area (Å²) in [5, 5.41) is 15.5. The first-order valence-corrected chi connectivity index (χ1v) is 24.5. The number of para-hydroxylation sites is 2. The van der Waals surface area contributed by atoms with E-state index in [9.17, 15) is 0 Å². The zero-order chi connectivity index (χ0) is 43.3. The van der Waals surface area contributed by atoms with Crippen molar-refractivity contribution in [3.05, 3.63) is 237 Å². The first kappa shape index (κ1) is 37.4. The maximum atomic E-state index is 2.50. The molecular formula is C64H39NSe. The maximum absolute atomic E-state index is 2.50. The van der Waals surface area contributed by atoms with Gasteiger partial charge in [0, 0.05) is 11.1 Å². The zero-order valence-corrected chi connectivity index (χ0v) is 37.6. The van der Waals surface area contributed by atoms with Crippen LogP contribution in [-0.2, 0) is 0 Å². The third kappa shape index (κ3) is 5.60. The summed E-state index contributed by atoms with van der Waals surface area (Å²) in [4.78, 5) is 0. The number of fused-ring (bicyclic) bond motifs is 10.